The SMILES string of the molecule is CCCC(O)CNC(=O)NC(C)Cc1c(C)noc1C. The standard InChI is InChI=1S/C14H25N3O3/c1-5-6-12(18)8-15-14(19)16-9(2)7-13-10(3)17-20-11(13)4/h9,12,18H,5-8H2,1-4H3,(H2,15,16,19). The number of aliphatic hydroxyl groups excluding tert-OH is 1. The van der Waals surface area contributed by atoms with Crippen LogP contribution in [0.5, 0.6) is 0 Å². The summed E-state index contributed by atoms with van der Waals surface area (Å²) in [6, 6.07) is -0.297. The summed E-state index contributed by atoms with van der Waals surface area (Å²) in [5.74, 6) is 0.787. The first-order valence-corrected chi connectivity index (χ1v) is 7.08. The number of urea groups is 1. The zero-order chi connectivity index (χ0) is 15.1. The number of nitrogens with zero attached hydrogens (tertiary/aromatic N) is 1. The molecule has 0 bridgehead atoms. The topological polar surface area (TPSA) is 87.4 Å². The van der Waals surface area contributed by atoms with Crippen molar-refractivity contribution >= 4 is 6.03 Å². The highest BCUT2D eigenvalue weighted by atomic mass is 16.5. The molecule has 0 radical (unpaired) electrons. The summed E-state index contributed by atoms with van der Waals surface area (Å²) in [7, 11) is 0. The number of nitrogens with one attached hydrogen (secondary N) is 2. The van der Waals surface area contributed by atoms with Crippen molar-refractivity contribution in [2.45, 2.75) is 59.1 Å². The highest BCUT2D eigenvalue weighted by Crippen LogP contribution is 2.14. The van der Waals surface area contributed by atoms with Gasteiger partial charge in [-0.15, -0.1) is 0 Å². The molecule has 0 saturated heterocycles. The number of amides is 2. The molecule has 0 aliphatic carbocycles. The second kappa shape index (κ2) is 7.89. The maximum atomic E-state index is 11.7. The van der Waals surface area contributed by atoms with Gasteiger partial charge in [0.2, 0.25) is 0 Å². The van der Waals surface area contributed by atoms with Crippen molar-refractivity contribution in [2.75, 3.05) is 6.54 Å². The van der Waals surface area contributed by atoms with Gasteiger partial charge in [0.25, 0.3) is 0 Å². The molecule has 3 N–H and O–H groups in total. The van der Waals surface area contributed by atoms with Crippen LogP contribution in [0, 0.1) is 13.8 Å². The second-order valence-corrected chi connectivity index (χ2v) is 5.20. The van der Waals surface area contributed by atoms with Gasteiger partial charge in [-0.05, 0) is 33.6 Å². The lowest BCUT2D eigenvalue weighted by atomic mass is 10.1. The molecule has 2 amide bonds. The Morgan fingerprint density at radius 1 is 1.45 bits per heavy atom. The largest absolute Gasteiger partial charge is 0.391 e. The van der Waals surface area contributed by atoms with Crippen molar-refractivity contribution in [3.63, 3.8) is 0 Å². The van der Waals surface area contributed by atoms with Gasteiger partial charge in [0.05, 0.1) is 11.8 Å². The van der Waals surface area contributed by atoms with Crippen molar-refractivity contribution in [3.8, 4) is 0 Å². The lowest BCUT2D eigenvalue weighted by Gasteiger charge is -2.16. The van der Waals surface area contributed by atoms with Gasteiger partial charge in [0.1, 0.15) is 5.76 Å². The molecule has 114 valence electrons. The average Bonchev–Trinajstić information content (AvgIpc) is 2.68. The Morgan fingerprint density at radius 3 is 2.70 bits per heavy atom. The molecule has 2 atom stereocenters. The van der Waals surface area contributed by atoms with Crippen LogP contribution in [0.3, 0.4) is 0 Å². The van der Waals surface area contributed by atoms with E-state index in [4.69, 9.17) is 4.52 Å². The van der Waals surface area contributed by atoms with Gasteiger partial charge < -0.3 is 20.3 Å². The molecule has 0 spiro atoms. The predicted octanol–water partition coefficient (Wildman–Crippen LogP) is 1.68. The number of hydrogen-bond acceptors (Lipinski definition) is 4. The van der Waals surface area contributed by atoms with Crippen LogP contribution in [0.2, 0.25) is 0 Å². The van der Waals surface area contributed by atoms with Crippen LogP contribution in [0.25, 0.3) is 0 Å². The van der Waals surface area contributed by atoms with Crippen molar-refractivity contribution in [3.05, 3.63) is 17.0 Å². The number of carbonyl (C=O) groups is 1. The van der Waals surface area contributed by atoms with E-state index in [1.54, 1.807) is 0 Å². The molecular formula is C14H25N3O3. The van der Waals surface area contributed by atoms with Crippen LogP contribution in [0.15, 0.2) is 4.52 Å². The predicted molar refractivity (Wildman–Crippen MR) is 76.6 cm³/mol. The zero-order valence-corrected chi connectivity index (χ0v) is 12.7. The van der Waals surface area contributed by atoms with Gasteiger partial charge >= 0.3 is 6.03 Å². The van der Waals surface area contributed by atoms with E-state index in [-0.39, 0.29) is 18.6 Å². The van der Waals surface area contributed by atoms with Gasteiger partial charge in [0.15, 0.2) is 0 Å². The number of aromatic nitrogens is 1. The van der Waals surface area contributed by atoms with Crippen LogP contribution >= 0.6 is 0 Å². The second-order valence-electron chi connectivity index (χ2n) is 5.20. The van der Waals surface area contributed by atoms with Crippen LogP contribution in [-0.2, 0) is 6.42 Å². The van der Waals surface area contributed by atoms with E-state index in [1.165, 1.54) is 0 Å². The molecule has 6 heteroatoms. The van der Waals surface area contributed by atoms with E-state index in [9.17, 15) is 9.90 Å². The lowest BCUT2D eigenvalue weighted by Crippen LogP contribution is -2.44. The number of carbonyl (C=O) groups excluding carboxylic acids is 1. The quantitative estimate of drug-likeness (QED) is 0.710. The maximum absolute atomic E-state index is 11.7. The molecule has 20 heavy (non-hydrogen) atoms. The van der Waals surface area contributed by atoms with Crippen LogP contribution < -0.4 is 10.6 Å². The molecule has 0 fully saturated rings. The average molecular weight is 283 g/mol. The number of aryl methyl sites for hydroxylation is 2. The first-order chi connectivity index (χ1) is 9.43. The molecule has 6 nitrogen and oxygen atoms in total. The summed E-state index contributed by atoms with van der Waals surface area (Å²) in [6.07, 6.45) is 1.78. The molecule has 0 aliphatic heterocycles. The summed E-state index contributed by atoms with van der Waals surface area (Å²) in [4.78, 5) is 11.7. The molecular weight excluding hydrogens is 258 g/mol. The van der Waals surface area contributed by atoms with Crippen molar-refractivity contribution in [2.24, 2.45) is 0 Å². The first-order valence-electron chi connectivity index (χ1n) is 7.08. The van der Waals surface area contributed by atoms with E-state index in [2.05, 4.69) is 15.8 Å². The minimum absolute atomic E-state index is 0.0323. The molecule has 1 heterocycles. The number of aliphatic hydroxyl groups is 1. The fourth-order valence-electron chi connectivity index (χ4n) is 2.07. The Balaban J connectivity index is 2.35. The molecule has 1 aromatic rings. The van der Waals surface area contributed by atoms with Crippen LogP contribution in [0.1, 0.15) is 43.7 Å². The minimum atomic E-state index is -0.483. The van der Waals surface area contributed by atoms with E-state index in [0.29, 0.717) is 12.8 Å². The molecule has 1 rings (SSSR count). The molecule has 0 aromatic carbocycles. The highest BCUT2D eigenvalue weighted by Gasteiger charge is 2.15. The molecule has 1 aromatic heterocycles. The van der Waals surface area contributed by atoms with Gasteiger partial charge in [-0.1, -0.05) is 18.5 Å². The van der Waals surface area contributed by atoms with Gasteiger partial charge in [-0.25, -0.2) is 4.79 Å². The fourth-order valence-corrected chi connectivity index (χ4v) is 2.07. The van der Waals surface area contributed by atoms with Gasteiger partial charge in [-0.2, -0.15) is 0 Å². The van der Waals surface area contributed by atoms with Gasteiger partial charge in [0, 0.05) is 18.2 Å². The molecule has 2 unspecified atom stereocenters. The Bertz CT molecular complexity index is 412. The number of hydrogen-bond donors (Lipinski definition) is 3. The highest BCUT2D eigenvalue weighted by molar-refractivity contribution is 5.74. The molecule has 0 saturated carbocycles. The zero-order valence-electron chi connectivity index (χ0n) is 12.7. The third-order valence-corrected chi connectivity index (χ3v) is 3.19. The Hall–Kier alpha value is -1.56. The Morgan fingerprint density at radius 2 is 2.15 bits per heavy atom. The number of rotatable bonds is 7. The maximum Gasteiger partial charge on any atom is 0.315 e. The van der Waals surface area contributed by atoms with E-state index in [1.807, 2.05) is 27.7 Å². The van der Waals surface area contributed by atoms with E-state index < -0.39 is 6.10 Å². The fraction of sp³-hybridized carbons (Fsp3) is 0.714. The summed E-state index contributed by atoms with van der Waals surface area (Å²) >= 11 is 0. The lowest BCUT2D eigenvalue weighted by molar-refractivity contribution is 0.160. The third kappa shape index (κ3) is 5.21. The summed E-state index contributed by atoms with van der Waals surface area (Å²) in [5, 5.41) is 18.9. The van der Waals surface area contributed by atoms with Crippen LogP contribution in [-0.4, -0.2) is 35.0 Å². The van der Waals surface area contributed by atoms with Crippen molar-refractivity contribution < 1.29 is 14.4 Å². The minimum Gasteiger partial charge on any atom is -0.391 e. The van der Waals surface area contributed by atoms with E-state index >= 15 is 0 Å². The Labute approximate surface area is 119 Å². The third-order valence-electron chi connectivity index (χ3n) is 3.19. The first kappa shape index (κ1) is 16.5. The summed E-state index contributed by atoms with van der Waals surface area (Å²) in [5.41, 5.74) is 1.89. The smallest absolute Gasteiger partial charge is 0.315 e. The van der Waals surface area contributed by atoms with Crippen molar-refractivity contribution in [1.82, 2.24) is 15.8 Å². The normalized spacial score (nSPS) is 13.8. The Kier molecular flexibility index (Phi) is 6.51. The molecule has 0 aliphatic rings. The van der Waals surface area contributed by atoms with E-state index in [0.717, 1.165) is 23.4 Å². The van der Waals surface area contributed by atoms with Gasteiger partial charge in [-0.3, -0.25) is 0 Å². The van der Waals surface area contributed by atoms with Crippen LogP contribution in [0.4, 0.5) is 4.79 Å². The summed E-state index contributed by atoms with van der Waals surface area (Å²) in [6.45, 7) is 7.95. The summed E-state index contributed by atoms with van der Waals surface area (Å²) < 4.78 is 5.10. The van der Waals surface area contributed by atoms with Crippen molar-refractivity contribution in [1.29, 1.82) is 0 Å². The monoisotopic (exact) mass is 283 g/mol.